The van der Waals surface area contributed by atoms with Crippen molar-refractivity contribution in [3.8, 4) is 6.07 Å². The zero-order valence-electron chi connectivity index (χ0n) is 13.3. The van der Waals surface area contributed by atoms with Gasteiger partial charge in [0.25, 0.3) is 0 Å². The van der Waals surface area contributed by atoms with Crippen LogP contribution in [-0.4, -0.2) is 10.7 Å². The molecule has 2 heteroatoms. The maximum absolute atomic E-state index is 11.3. The van der Waals surface area contributed by atoms with Crippen molar-refractivity contribution in [2.24, 2.45) is 11.3 Å². The lowest BCUT2D eigenvalue weighted by molar-refractivity contribution is -0.0807. The van der Waals surface area contributed by atoms with Crippen molar-refractivity contribution in [1.29, 1.82) is 5.26 Å². The summed E-state index contributed by atoms with van der Waals surface area (Å²) in [6.07, 6.45) is 6.20. The summed E-state index contributed by atoms with van der Waals surface area (Å²) in [4.78, 5) is 0. The molecule has 1 atom stereocenters. The minimum absolute atomic E-state index is 0.578. The highest BCUT2D eigenvalue weighted by Gasteiger charge is 2.50. The molecule has 0 radical (unpaired) electrons. The van der Waals surface area contributed by atoms with Crippen molar-refractivity contribution in [2.75, 3.05) is 0 Å². The van der Waals surface area contributed by atoms with Crippen molar-refractivity contribution >= 4 is 0 Å². The van der Waals surface area contributed by atoms with Gasteiger partial charge in [-0.25, -0.2) is 0 Å². The van der Waals surface area contributed by atoms with Gasteiger partial charge in [0.05, 0.1) is 17.1 Å². The highest BCUT2D eigenvalue weighted by molar-refractivity contribution is 5.22. The van der Waals surface area contributed by atoms with Crippen LogP contribution in [0.5, 0.6) is 0 Å². The number of hydrogen-bond donors (Lipinski definition) is 1. The molecule has 0 spiro atoms. The molecule has 0 bridgehead atoms. The summed E-state index contributed by atoms with van der Waals surface area (Å²) in [5, 5.41) is 21.1. The molecule has 1 saturated carbocycles. The van der Waals surface area contributed by atoms with Gasteiger partial charge in [0, 0.05) is 6.42 Å². The van der Waals surface area contributed by atoms with Gasteiger partial charge < -0.3 is 5.11 Å². The second-order valence-electron chi connectivity index (χ2n) is 6.59. The summed E-state index contributed by atoms with van der Waals surface area (Å²) >= 11 is 0. The van der Waals surface area contributed by atoms with Crippen LogP contribution in [0.2, 0.25) is 0 Å². The predicted molar refractivity (Wildman–Crippen MR) is 85.7 cm³/mol. The second-order valence-corrected chi connectivity index (χ2v) is 6.59. The van der Waals surface area contributed by atoms with Crippen LogP contribution in [0.1, 0.15) is 57.9 Å². The fraction of sp³-hybridized carbons (Fsp3) is 0.632. The molecule has 114 valence electrons. The van der Waals surface area contributed by atoms with Gasteiger partial charge in [-0.15, -0.1) is 0 Å². The Balaban J connectivity index is 2.23. The van der Waals surface area contributed by atoms with E-state index in [1.807, 2.05) is 37.3 Å². The molecule has 21 heavy (non-hydrogen) atoms. The first-order valence-corrected chi connectivity index (χ1v) is 8.26. The quantitative estimate of drug-likeness (QED) is 0.866. The smallest absolute Gasteiger partial charge is 0.0870 e. The average molecular weight is 285 g/mol. The van der Waals surface area contributed by atoms with Crippen molar-refractivity contribution in [2.45, 2.75) is 64.4 Å². The van der Waals surface area contributed by atoms with Crippen molar-refractivity contribution in [3.05, 3.63) is 35.9 Å². The first-order chi connectivity index (χ1) is 10.1. The molecule has 1 fully saturated rings. The minimum Gasteiger partial charge on any atom is -0.388 e. The van der Waals surface area contributed by atoms with Crippen LogP contribution in [0.4, 0.5) is 0 Å². The van der Waals surface area contributed by atoms with Gasteiger partial charge in [0.15, 0.2) is 0 Å². The van der Waals surface area contributed by atoms with Crippen LogP contribution < -0.4 is 0 Å². The van der Waals surface area contributed by atoms with E-state index in [2.05, 4.69) is 13.0 Å². The van der Waals surface area contributed by atoms with E-state index in [-0.39, 0.29) is 0 Å². The third-order valence-electron chi connectivity index (χ3n) is 5.57. The SMILES string of the molecule is CCC1CCC(C#N)(C(O)(CC)Cc2ccccc2)CC1. The standard InChI is InChI=1S/C19H27NO/c1-3-16-10-12-18(15-20,13-11-16)19(21,4-2)14-17-8-6-5-7-9-17/h5-9,16,21H,3-4,10-14H2,1-2H3. The Hall–Kier alpha value is -1.33. The number of hydrogen-bond acceptors (Lipinski definition) is 2. The molecule has 2 nitrogen and oxygen atoms in total. The molecule has 0 aromatic heterocycles. The van der Waals surface area contributed by atoms with Crippen molar-refractivity contribution in [1.82, 2.24) is 0 Å². The van der Waals surface area contributed by atoms with Crippen LogP contribution in [0.25, 0.3) is 0 Å². The van der Waals surface area contributed by atoms with Gasteiger partial charge >= 0.3 is 0 Å². The summed E-state index contributed by atoms with van der Waals surface area (Å²) in [5.41, 5.74) is -0.375. The highest BCUT2D eigenvalue weighted by Crippen LogP contribution is 2.49. The zero-order valence-corrected chi connectivity index (χ0v) is 13.3. The summed E-state index contributed by atoms with van der Waals surface area (Å²) < 4.78 is 0. The van der Waals surface area contributed by atoms with Gasteiger partial charge in [-0.1, -0.05) is 50.6 Å². The number of nitrogens with zero attached hydrogens (tertiary/aromatic N) is 1. The fourth-order valence-corrected chi connectivity index (χ4v) is 3.83. The van der Waals surface area contributed by atoms with E-state index < -0.39 is 11.0 Å². The number of nitriles is 1. The molecular weight excluding hydrogens is 258 g/mol. The molecule has 1 unspecified atom stereocenters. The third kappa shape index (κ3) is 3.14. The van der Waals surface area contributed by atoms with E-state index in [0.717, 1.165) is 37.2 Å². The van der Waals surface area contributed by atoms with E-state index in [4.69, 9.17) is 0 Å². The Labute approximate surface area is 128 Å². The molecule has 0 heterocycles. The van der Waals surface area contributed by atoms with Gasteiger partial charge in [-0.05, 0) is 43.6 Å². The van der Waals surface area contributed by atoms with Gasteiger partial charge in [0.1, 0.15) is 0 Å². The largest absolute Gasteiger partial charge is 0.388 e. The summed E-state index contributed by atoms with van der Waals surface area (Å²) in [7, 11) is 0. The van der Waals surface area contributed by atoms with E-state index in [1.165, 1.54) is 6.42 Å². The van der Waals surface area contributed by atoms with Crippen molar-refractivity contribution < 1.29 is 5.11 Å². The van der Waals surface area contributed by atoms with Crippen LogP contribution in [0, 0.1) is 22.7 Å². The lowest BCUT2D eigenvalue weighted by atomic mass is 9.59. The molecule has 1 N–H and O–H groups in total. The topological polar surface area (TPSA) is 44.0 Å². The lowest BCUT2D eigenvalue weighted by Crippen LogP contribution is -2.50. The first-order valence-electron chi connectivity index (χ1n) is 8.26. The molecule has 0 amide bonds. The molecular formula is C19H27NO. The molecule has 1 aliphatic carbocycles. The number of benzene rings is 1. The molecule has 1 aliphatic rings. The normalized spacial score (nSPS) is 28.6. The van der Waals surface area contributed by atoms with E-state index in [0.29, 0.717) is 12.8 Å². The third-order valence-corrected chi connectivity index (χ3v) is 5.57. The highest BCUT2D eigenvalue weighted by atomic mass is 16.3. The molecule has 1 aromatic carbocycles. The Kier molecular flexibility index (Phi) is 5.06. The minimum atomic E-state index is -0.915. The Morgan fingerprint density at radius 3 is 2.33 bits per heavy atom. The maximum atomic E-state index is 11.3. The second kappa shape index (κ2) is 6.62. The van der Waals surface area contributed by atoms with E-state index in [9.17, 15) is 10.4 Å². The molecule has 2 rings (SSSR count). The number of rotatable bonds is 5. The van der Waals surface area contributed by atoms with E-state index >= 15 is 0 Å². The van der Waals surface area contributed by atoms with Crippen LogP contribution in [-0.2, 0) is 6.42 Å². The summed E-state index contributed by atoms with van der Waals surface area (Å²) in [5.74, 6) is 0.726. The summed E-state index contributed by atoms with van der Waals surface area (Å²) in [6.45, 7) is 4.23. The lowest BCUT2D eigenvalue weighted by Gasteiger charge is -2.46. The molecule has 0 aliphatic heterocycles. The Bertz CT molecular complexity index is 482. The average Bonchev–Trinajstić information content (AvgIpc) is 2.55. The van der Waals surface area contributed by atoms with Crippen LogP contribution in [0.3, 0.4) is 0 Å². The Morgan fingerprint density at radius 1 is 1.24 bits per heavy atom. The van der Waals surface area contributed by atoms with Crippen LogP contribution in [0.15, 0.2) is 30.3 Å². The maximum Gasteiger partial charge on any atom is 0.0870 e. The molecule has 1 aromatic rings. The summed E-state index contributed by atoms with van der Waals surface area (Å²) in [6, 6.07) is 12.6. The Morgan fingerprint density at radius 2 is 1.86 bits per heavy atom. The molecule has 0 saturated heterocycles. The van der Waals surface area contributed by atoms with E-state index in [1.54, 1.807) is 0 Å². The van der Waals surface area contributed by atoms with Gasteiger partial charge in [-0.3, -0.25) is 0 Å². The van der Waals surface area contributed by atoms with Crippen LogP contribution >= 0.6 is 0 Å². The monoisotopic (exact) mass is 285 g/mol. The van der Waals surface area contributed by atoms with Gasteiger partial charge in [-0.2, -0.15) is 5.26 Å². The van der Waals surface area contributed by atoms with Crippen molar-refractivity contribution in [3.63, 3.8) is 0 Å². The predicted octanol–water partition coefficient (Wildman–Crippen LogP) is 4.48. The van der Waals surface area contributed by atoms with Gasteiger partial charge in [0.2, 0.25) is 0 Å². The fourth-order valence-electron chi connectivity index (χ4n) is 3.83. The zero-order chi connectivity index (χ0) is 15.3. The first kappa shape index (κ1) is 16.0. The number of aliphatic hydroxyl groups is 1.